The summed E-state index contributed by atoms with van der Waals surface area (Å²) >= 11 is 0. The van der Waals surface area contributed by atoms with Gasteiger partial charge in [0.1, 0.15) is 17.4 Å². The number of amides is 2. The van der Waals surface area contributed by atoms with E-state index in [2.05, 4.69) is 0 Å². The molecule has 2 amide bonds. The van der Waals surface area contributed by atoms with Crippen molar-refractivity contribution < 1.29 is 14.0 Å². The van der Waals surface area contributed by atoms with Gasteiger partial charge in [-0.05, 0) is 23.8 Å². The van der Waals surface area contributed by atoms with Crippen LogP contribution >= 0.6 is 0 Å². The van der Waals surface area contributed by atoms with E-state index in [1.165, 1.54) is 12.1 Å². The van der Waals surface area contributed by atoms with Gasteiger partial charge in [0, 0.05) is 5.56 Å². The Labute approximate surface area is 120 Å². The Bertz CT molecular complexity index is 808. The van der Waals surface area contributed by atoms with Crippen LogP contribution in [0, 0.1) is 17.1 Å². The van der Waals surface area contributed by atoms with Gasteiger partial charge in [-0.1, -0.05) is 24.3 Å². The lowest BCUT2D eigenvalue weighted by atomic mass is 9.97. The fourth-order valence-corrected chi connectivity index (χ4v) is 2.41. The van der Waals surface area contributed by atoms with Gasteiger partial charge in [-0.2, -0.15) is 5.26 Å². The Morgan fingerprint density at radius 1 is 1.10 bits per heavy atom. The lowest BCUT2D eigenvalue weighted by Gasteiger charge is -2.27. The van der Waals surface area contributed by atoms with Crippen molar-refractivity contribution in [3.63, 3.8) is 0 Å². The number of carbonyl (C=O) groups is 2. The molecule has 3 rings (SSSR count). The molecule has 0 saturated carbocycles. The molecule has 4 nitrogen and oxygen atoms in total. The SMILES string of the molecule is N#Cc1c(F)cccc1N1C(=O)Cc2ccccc2C1=O. The Hall–Kier alpha value is -3.00. The molecule has 5 heteroatoms. The summed E-state index contributed by atoms with van der Waals surface area (Å²) in [5, 5.41) is 9.06. The first kappa shape index (κ1) is 13.0. The van der Waals surface area contributed by atoms with E-state index >= 15 is 0 Å². The van der Waals surface area contributed by atoms with Gasteiger partial charge in [0.15, 0.2) is 0 Å². The number of fused-ring (bicyclic) bond motifs is 1. The van der Waals surface area contributed by atoms with Gasteiger partial charge >= 0.3 is 0 Å². The molecule has 0 spiro atoms. The molecule has 1 heterocycles. The van der Waals surface area contributed by atoms with Crippen molar-refractivity contribution in [3.05, 3.63) is 65.0 Å². The van der Waals surface area contributed by atoms with Crippen LogP contribution in [0.2, 0.25) is 0 Å². The molecule has 0 aliphatic carbocycles. The molecule has 1 aliphatic rings. The largest absolute Gasteiger partial charge is 0.274 e. The second-order valence-corrected chi connectivity index (χ2v) is 4.61. The van der Waals surface area contributed by atoms with Gasteiger partial charge in [0.25, 0.3) is 5.91 Å². The lowest BCUT2D eigenvalue weighted by Crippen LogP contribution is -2.43. The smallest absolute Gasteiger partial charge is 0.265 e. The van der Waals surface area contributed by atoms with Gasteiger partial charge in [0.05, 0.1) is 12.1 Å². The van der Waals surface area contributed by atoms with Crippen molar-refractivity contribution >= 4 is 17.5 Å². The molecule has 0 unspecified atom stereocenters. The van der Waals surface area contributed by atoms with Crippen LogP contribution < -0.4 is 4.90 Å². The summed E-state index contributed by atoms with van der Waals surface area (Å²) in [5.74, 6) is -1.76. The minimum Gasteiger partial charge on any atom is -0.274 e. The summed E-state index contributed by atoms with van der Waals surface area (Å²) < 4.78 is 13.7. The van der Waals surface area contributed by atoms with Crippen LogP contribution in [0.1, 0.15) is 21.5 Å². The second-order valence-electron chi connectivity index (χ2n) is 4.61. The molecule has 2 aromatic carbocycles. The summed E-state index contributed by atoms with van der Waals surface area (Å²) in [5.41, 5.74) is 0.712. The van der Waals surface area contributed by atoms with Crippen molar-refractivity contribution in [1.82, 2.24) is 0 Å². The van der Waals surface area contributed by atoms with Crippen LogP contribution in [-0.4, -0.2) is 11.8 Å². The van der Waals surface area contributed by atoms with Crippen molar-refractivity contribution in [1.29, 1.82) is 5.26 Å². The zero-order valence-electron chi connectivity index (χ0n) is 10.8. The number of benzene rings is 2. The summed E-state index contributed by atoms with van der Waals surface area (Å²) in [7, 11) is 0. The summed E-state index contributed by atoms with van der Waals surface area (Å²) in [4.78, 5) is 25.6. The number of imide groups is 1. The molecular weight excluding hydrogens is 271 g/mol. The molecule has 2 aromatic rings. The number of hydrogen-bond acceptors (Lipinski definition) is 3. The second kappa shape index (κ2) is 4.84. The minimum absolute atomic E-state index is 0.0120. The van der Waals surface area contributed by atoms with Gasteiger partial charge in [-0.15, -0.1) is 0 Å². The highest BCUT2D eigenvalue weighted by molar-refractivity contribution is 6.25. The normalized spacial score (nSPS) is 13.8. The van der Waals surface area contributed by atoms with Gasteiger partial charge < -0.3 is 0 Å². The van der Waals surface area contributed by atoms with Crippen LogP contribution in [0.5, 0.6) is 0 Å². The highest BCUT2D eigenvalue weighted by Gasteiger charge is 2.33. The molecule has 0 atom stereocenters. The fourth-order valence-electron chi connectivity index (χ4n) is 2.41. The van der Waals surface area contributed by atoms with E-state index < -0.39 is 17.6 Å². The maximum Gasteiger partial charge on any atom is 0.265 e. The monoisotopic (exact) mass is 280 g/mol. The van der Waals surface area contributed by atoms with Gasteiger partial charge in [-0.3, -0.25) is 9.59 Å². The molecule has 102 valence electrons. The predicted molar refractivity (Wildman–Crippen MR) is 73.1 cm³/mol. The number of nitriles is 1. The Balaban J connectivity index is 2.17. The standard InChI is InChI=1S/C16H9FN2O2/c17-13-6-3-7-14(12(13)9-18)19-15(20)8-10-4-1-2-5-11(10)16(19)21/h1-7H,8H2. The summed E-state index contributed by atoms with van der Waals surface area (Å²) in [6.07, 6.45) is 0.0449. The molecule has 0 N–H and O–H groups in total. The first-order chi connectivity index (χ1) is 10.1. The van der Waals surface area contributed by atoms with Crippen LogP contribution in [0.3, 0.4) is 0 Å². The lowest BCUT2D eigenvalue weighted by molar-refractivity contribution is -0.117. The Morgan fingerprint density at radius 3 is 2.62 bits per heavy atom. The maximum atomic E-state index is 13.7. The van der Waals surface area contributed by atoms with Crippen LogP contribution in [0.4, 0.5) is 10.1 Å². The van der Waals surface area contributed by atoms with E-state index in [1.54, 1.807) is 30.3 Å². The predicted octanol–water partition coefficient (Wildman–Crippen LogP) is 2.43. The number of rotatable bonds is 1. The maximum absolute atomic E-state index is 13.7. The first-order valence-electron chi connectivity index (χ1n) is 6.27. The average molecular weight is 280 g/mol. The Kier molecular flexibility index (Phi) is 2.99. The highest BCUT2D eigenvalue weighted by atomic mass is 19.1. The number of halogens is 1. The fraction of sp³-hybridized carbons (Fsp3) is 0.0625. The molecular formula is C16H9FN2O2. The third-order valence-electron chi connectivity index (χ3n) is 3.39. The third-order valence-corrected chi connectivity index (χ3v) is 3.39. The Morgan fingerprint density at radius 2 is 1.86 bits per heavy atom. The molecule has 0 saturated heterocycles. The summed E-state index contributed by atoms with van der Waals surface area (Å²) in [6, 6.07) is 12.4. The summed E-state index contributed by atoms with van der Waals surface area (Å²) in [6.45, 7) is 0. The van der Waals surface area contributed by atoms with Crippen LogP contribution in [0.25, 0.3) is 0 Å². The quantitative estimate of drug-likeness (QED) is 0.754. The minimum atomic E-state index is -0.755. The van der Waals surface area contributed by atoms with E-state index in [-0.39, 0.29) is 17.7 Å². The number of nitrogens with zero attached hydrogens (tertiary/aromatic N) is 2. The number of carbonyl (C=O) groups excluding carboxylic acids is 2. The highest BCUT2D eigenvalue weighted by Crippen LogP contribution is 2.29. The molecule has 1 aliphatic heterocycles. The molecule has 0 fully saturated rings. The zero-order chi connectivity index (χ0) is 15.0. The van der Waals surface area contributed by atoms with E-state index in [4.69, 9.17) is 5.26 Å². The van der Waals surface area contributed by atoms with Crippen molar-refractivity contribution in [2.45, 2.75) is 6.42 Å². The van der Waals surface area contributed by atoms with Crippen LogP contribution in [0.15, 0.2) is 42.5 Å². The first-order valence-corrected chi connectivity index (χ1v) is 6.27. The van der Waals surface area contributed by atoms with Crippen molar-refractivity contribution in [2.24, 2.45) is 0 Å². The van der Waals surface area contributed by atoms with Gasteiger partial charge in [0.2, 0.25) is 5.91 Å². The van der Waals surface area contributed by atoms with E-state index in [0.717, 1.165) is 11.0 Å². The van der Waals surface area contributed by atoms with E-state index in [9.17, 15) is 14.0 Å². The topological polar surface area (TPSA) is 61.2 Å². The zero-order valence-corrected chi connectivity index (χ0v) is 10.8. The number of hydrogen-bond donors (Lipinski definition) is 0. The van der Waals surface area contributed by atoms with E-state index in [1.807, 2.05) is 0 Å². The molecule has 21 heavy (non-hydrogen) atoms. The third kappa shape index (κ3) is 1.98. The molecule has 0 radical (unpaired) electrons. The van der Waals surface area contributed by atoms with Crippen LogP contribution in [-0.2, 0) is 11.2 Å². The average Bonchev–Trinajstić information content (AvgIpc) is 2.47. The van der Waals surface area contributed by atoms with E-state index in [0.29, 0.717) is 11.1 Å². The molecule has 0 aromatic heterocycles. The van der Waals surface area contributed by atoms with Gasteiger partial charge in [-0.25, -0.2) is 9.29 Å². The van der Waals surface area contributed by atoms with Crippen molar-refractivity contribution in [3.8, 4) is 6.07 Å². The van der Waals surface area contributed by atoms with Crippen molar-refractivity contribution in [2.75, 3.05) is 4.90 Å². The molecule has 0 bridgehead atoms. The number of anilines is 1.